The number of aryl methyl sites for hydroxylation is 1. The summed E-state index contributed by atoms with van der Waals surface area (Å²) in [4.78, 5) is 4.82. The van der Waals surface area contributed by atoms with Crippen molar-refractivity contribution in [3.63, 3.8) is 0 Å². The van der Waals surface area contributed by atoms with E-state index in [0.717, 1.165) is 42.2 Å². The zero-order valence-electron chi connectivity index (χ0n) is 16.4. The highest BCUT2D eigenvalue weighted by Crippen LogP contribution is 2.36. The molecule has 1 atom stereocenters. The molecule has 2 aliphatic rings. The summed E-state index contributed by atoms with van der Waals surface area (Å²) in [5.74, 6) is 1.32. The topological polar surface area (TPSA) is 64.4 Å². The van der Waals surface area contributed by atoms with Crippen LogP contribution in [0.3, 0.4) is 0 Å². The lowest BCUT2D eigenvalue weighted by atomic mass is 9.93. The Bertz CT molecular complexity index is 934. The lowest BCUT2D eigenvalue weighted by molar-refractivity contribution is 0.267. The van der Waals surface area contributed by atoms with Crippen molar-refractivity contribution in [3.05, 3.63) is 36.2 Å². The van der Waals surface area contributed by atoms with Crippen molar-refractivity contribution in [1.82, 2.24) is 13.9 Å². The van der Waals surface area contributed by atoms with Crippen molar-refractivity contribution < 1.29 is 13.2 Å². The molecule has 8 heteroatoms. The van der Waals surface area contributed by atoms with Gasteiger partial charge in [-0.3, -0.25) is 0 Å². The predicted molar refractivity (Wildman–Crippen MR) is 110 cm³/mol. The smallest absolute Gasteiger partial charge is 0.243 e. The number of ether oxygens (including phenoxy) is 1. The van der Waals surface area contributed by atoms with Gasteiger partial charge in [0.25, 0.3) is 0 Å². The molecule has 6 nitrogen and oxygen atoms in total. The van der Waals surface area contributed by atoms with Gasteiger partial charge < -0.3 is 9.30 Å². The van der Waals surface area contributed by atoms with Crippen LogP contribution in [0.1, 0.15) is 31.7 Å². The monoisotopic (exact) mass is 421 g/mol. The van der Waals surface area contributed by atoms with Crippen molar-refractivity contribution in [2.45, 2.75) is 47.9 Å². The lowest BCUT2D eigenvalue weighted by Crippen LogP contribution is -2.40. The summed E-state index contributed by atoms with van der Waals surface area (Å²) < 4.78 is 35.4. The Kier molecular flexibility index (Phi) is 5.71. The Balaban J connectivity index is 1.42. The van der Waals surface area contributed by atoms with Gasteiger partial charge in [0.1, 0.15) is 5.75 Å². The second kappa shape index (κ2) is 8.08. The molecule has 1 unspecified atom stereocenters. The van der Waals surface area contributed by atoms with E-state index in [9.17, 15) is 8.42 Å². The quantitative estimate of drug-likeness (QED) is 0.670. The van der Waals surface area contributed by atoms with Crippen LogP contribution in [-0.2, 0) is 23.5 Å². The second-order valence-corrected chi connectivity index (χ2v) is 10.6. The normalized spacial score (nSPS) is 19.4. The number of piperidine rings is 1. The number of rotatable bonds is 6. The van der Waals surface area contributed by atoms with Crippen LogP contribution in [0.5, 0.6) is 5.75 Å². The molecule has 2 aliphatic heterocycles. The van der Waals surface area contributed by atoms with E-state index in [1.54, 1.807) is 22.5 Å². The van der Waals surface area contributed by atoms with E-state index in [2.05, 4.69) is 11.9 Å². The maximum atomic E-state index is 13.1. The molecule has 2 aromatic rings. The van der Waals surface area contributed by atoms with E-state index in [-0.39, 0.29) is 0 Å². The van der Waals surface area contributed by atoms with Gasteiger partial charge in [-0.25, -0.2) is 13.4 Å². The fourth-order valence-corrected chi connectivity index (χ4v) is 6.85. The zero-order valence-corrected chi connectivity index (χ0v) is 18.0. The number of sulfonamides is 1. The van der Waals surface area contributed by atoms with Crippen molar-refractivity contribution in [2.24, 2.45) is 13.0 Å². The highest BCUT2D eigenvalue weighted by molar-refractivity contribution is 7.99. The molecule has 1 saturated heterocycles. The SMILES string of the molecule is CCC(Sc1nccn1C)C1CCN(S(=O)(=O)c2ccc3c(c2)CCO3)CC1. The minimum atomic E-state index is -3.44. The molecule has 3 heterocycles. The summed E-state index contributed by atoms with van der Waals surface area (Å²) in [7, 11) is -1.43. The van der Waals surface area contributed by atoms with Gasteiger partial charge in [0.05, 0.1) is 11.5 Å². The molecule has 28 heavy (non-hydrogen) atoms. The molecule has 0 bridgehead atoms. The molecule has 0 amide bonds. The summed E-state index contributed by atoms with van der Waals surface area (Å²) >= 11 is 1.82. The highest BCUT2D eigenvalue weighted by Gasteiger charge is 2.33. The molecule has 1 aromatic carbocycles. The highest BCUT2D eigenvalue weighted by atomic mass is 32.2. The minimum Gasteiger partial charge on any atom is -0.493 e. The zero-order chi connectivity index (χ0) is 19.7. The number of hydrogen-bond donors (Lipinski definition) is 0. The summed E-state index contributed by atoms with van der Waals surface area (Å²) in [6, 6.07) is 5.26. The average molecular weight is 422 g/mol. The van der Waals surface area contributed by atoms with Crippen molar-refractivity contribution in [1.29, 1.82) is 0 Å². The van der Waals surface area contributed by atoms with Crippen molar-refractivity contribution in [2.75, 3.05) is 19.7 Å². The van der Waals surface area contributed by atoms with Crippen LogP contribution in [0.2, 0.25) is 0 Å². The van der Waals surface area contributed by atoms with Gasteiger partial charge in [0, 0.05) is 44.2 Å². The summed E-state index contributed by atoms with van der Waals surface area (Å²) in [5.41, 5.74) is 0.994. The third-order valence-corrected chi connectivity index (χ3v) is 9.28. The van der Waals surface area contributed by atoms with E-state index in [0.29, 0.717) is 35.8 Å². The van der Waals surface area contributed by atoms with Gasteiger partial charge in [-0.15, -0.1) is 0 Å². The third kappa shape index (κ3) is 3.82. The largest absolute Gasteiger partial charge is 0.493 e. The number of benzene rings is 1. The third-order valence-electron chi connectivity index (χ3n) is 5.76. The van der Waals surface area contributed by atoms with E-state index >= 15 is 0 Å². The first-order chi connectivity index (χ1) is 13.5. The number of hydrogen-bond acceptors (Lipinski definition) is 5. The molecule has 152 valence electrons. The fraction of sp³-hybridized carbons (Fsp3) is 0.550. The van der Waals surface area contributed by atoms with Gasteiger partial charge in [0.15, 0.2) is 5.16 Å². The molecule has 0 radical (unpaired) electrons. The summed E-state index contributed by atoms with van der Waals surface area (Å²) in [6.45, 7) is 4.00. The number of thioether (sulfide) groups is 1. The van der Waals surface area contributed by atoms with Crippen LogP contribution in [0, 0.1) is 5.92 Å². The predicted octanol–water partition coefficient (Wildman–Crippen LogP) is 3.33. The Morgan fingerprint density at radius 1 is 1.32 bits per heavy atom. The maximum Gasteiger partial charge on any atom is 0.243 e. The van der Waals surface area contributed by atoms with Crippen LogP contribution >= 0.6 is 11.8 Å². The van der Waals surface area contributed by atoms with Gasteiger partial charge in [-0.05, 0) is 48.9 Å². The molecular weight excluding hydrogens is 394 g/mol. The number of imidazole rings is 1. The molecule has 0 N–H and O–H groups in total. The minimum absolute atomic E-state index is 0.393. The van der Waals surface area contributed by atoms with Crippen LogP contribution in [0.25, 0.3) is 0 Å². The molecule has 0 aliphatic carbocycles. The molecule has 0 saturated carbocycles. The molecular formula is C20H27N3O3S2. The lowest BCUT2D eigenvalue weighted by Gasteiger charge is -2.34. The average Bonchev–Trinajstić information content (AvgIpc) is 3.34. The van der Waals surface area contributed by atoms with E-state index < -0.39 is 10.0 Å². The Hall–Kier alpha value is -1.51. The molecule has 0 spiro atoms. The molecule has 4 rings (SSSR count). The number of fused-ring (bicyclic) bond motifs is 1. The summed E-state index contributed by atoms with van der Waals surface area (Å²) in [5, 5.41) is 1.49. The van der Waals surface area contributed by atoms with Gasteiger partial charge in [-0.1, -0.05) is 18.7 Å². The van der Waals surface area contributed by atoms with E-state index in [1.165, 1.54) is 0 Å². The Labute approximate surface area is 171 Å². The van der Waals surface area contributed by atoms with Crippen molar-refractivity contribution in [3.8, 4) is 5.75 Å². The Morgan fingerprint density at radius 2 is 2.11 bits per heavy atom. The fourth-order valence-electron chi connectivity index (χ4n) is 4.07. The number of aromatic nitrogens is 2. The van der Waals surface area contributed by atoms with Gasteiger partial charge in [0.2, 0.25) is 10.0 Å². The van der Waals surface area contributed by atoms with Gasteiger partial charge >= 0.3 is 0 Å². The second-order valence-electron chi connectivity index (χ2n) is 7.49. The first kappa shape index (κ1) is 19.8. The van der Waals surface area contributed by atoms with Crippen LogP contribution in [0.4, 0.5) is 0 Å². The molecule has 1 aromatic heterocycles. The number of nitrogens with zero attached hydrogens (tertiary/aromatic N) is 3. The van der Waals surface area contributed by atoms with Crippen LogP contribution in [0.15, 0.2) is 40.6 Å². The van der Waals surface area contributed by atoms with Crippen LogP contribution < -0.4 is 4.74 Å². The van der Waals surface area contributed by atoms with Gasteiger partial charge in [-0.2, -0.15) is 4.31 Å². The Morgan fingerprint density at radius 3 is 2.79 bits per heavy atom. The standard InChI is InChI=1S/C20H27N3O3S2/c1-3-19(27-20-21-9-12-22(20)2)15-6-10-23(11-7-15)28(24,25)17-4-5-18-16(14-17)8-13-26-18/h4-5,9,12,14-15,19H,3,6-8,10-11,13H2,1-2H3. The van der Waals surface area contributed by atoms with Crippen LogP contribution in [-0.4, -0.2) is 47.2 Å². The first-order valence-corrected chi connectivity index (χ1v) is 12.2. The molecule has 1 fully saturated rings. The van der Waals surface area contributed by atoms with Crippen molar-refractivity contribution >= 4 is 21.8 Å². The summed E-state index contributed by atoms with van der Waals surface area (Å²) in [6.07, 6.45) is 7.41. The maximum absolute atomic E-state index is 13.1. The first-order valence-electron chi connectivity index (χ1n) is 9.89. The van der Waals surface area contributed by atoms with E-state index in [4.69, 9.17) is 4.74 Å². The van der Waals surface area contributed by atoms with E-state index in [1.807, 2.05) is 35.8 Å².